The largest absolute Gasteiger partial charge is 0.507 e. The maximum absolute atomic E-state index is 11.5. The zero-order valence-corrected chi connectivity index (χ0v) is 13.5. The molecule has 124 valence electrons. The van der Waals surface area contributed by atoms with Gasteiger partial charge in [-0.15, -0.1) is 0 Å². The molecule has 24 heavy (non-hydrogen) atoms. The molecule has 2 aromatic rings. The summed E-state index contributed by atoms with van der Waals surface area (Å²) >= 11 is 0. The number of phenolic OH excluding ortho intramolecular Hbond substituents is 1. The van der Waals surface area contributed by atoms with Crippen LogP contribution in [0.4, 0.5) is 0 Å². The van der Waals surface area contributed by atoms with Crippen molar-refractivity contribution in [1.29, 1.82) is 0 Å². The van der Waals surface area contributed by atoms with Crippen molar-refractivity contribution in [1.82, 2.24) is 0 Å². The summed E-state index contributed by atoms with van der Waals surface area (Å²) < 4.78 is 10.1. The number of benzene rings is 2. The summed E-state index contributed by atoms with van der Waals surface area (Å²) in [7, 11) is 1.55. The Hall–Kier alpha value is -3.08. The highest BCUT2D eigenvalue weighted by atomic mass is 16.5. The lowest BCUT2D eigenvalue weighted by Gasteiger charge is -2.10. The van der Waals surface area contributed by atoms with E-state index in [2.05, 4.69) is 0 Å². The third-order valence-corrected chi connectivity index (χ3v) is 3.41. The Balaban J connectivity index is 2.49. The van der Waals surface area contributed by atoms with Crippen molar-refractivity contribution in [3.63, 3.8) is 0 Å². The molecule has 5 nitrogen and oxygen atoms in total. The Morgan fingerprint density at radius 2 is 1.96 bits per heavy atom. The molecule has 0 saturated carbocycles. The molecule has 0 aliphatic rings. The van der Waals surface area contributed by atoms with Gasteiger partial charge in [-0.1, -0.05) is 12.1 Å². The van der Waals surface area contributed by atoms with Crippen molar-refractivity contribution >= 4 is 18.3 Å². The van der Waals surface area contributed by atoms with E-state index in [0.717, 1.165) is 16.7 Å². The molecule has 0 aromatic heterocycles. The van der Waals surface area contributed by atoms with Gasteiger partial charge in [-0.2, -0.15) is 0 Å². The second kappa shape index (κ2) is 7.97. The van der Waals surface area contributed by atoms with Crippen molar-refractivity contribution in [2.45, 2.75) is 6.92 Å². The molecule has 2 aromatic carbocycles. The number of hydrogen-bond acceptors (Lipinski definition) is 5. The minimum atomic E-state index is -0.439. The highest BCUT2D eigenvalue weighted by molar-refractivity contribution is 5.90. The van der Waals surface area contributed by atoms with Gasteiger partial charge in [0.15, 0.2) is 6.29 Å². The number of aromatic hydroxyl groups is 1. The first-order valence-corrected chi connectivity index (χ1v) is 7.40. The smallest absolute Gasteiger partial charge is 0.330 e. The number of esters is 1. The third-order valence-electron chi connectivity index (χ3n) is 3.41. The molecule has 0 unspecified atom stereocenters. The fourth-order valence-electron chi connectivity index (χ4n) is 2.23. The van der Waals surface area contributed by atoms with Gasteiger partial charge in [0.05, 0.1) is 19.3 Å². The Labute approximate surface area is 140 Å². The van der Waals surface area contributed by atoms with E-state index in [-0.39, 0.29) is 11.3 Å². The monoisotopic (exact) mass is 326 g/mol. The van der Waals surface area contributed by atoms with Gasteiger partial charge >= 0.3 is 5.97 Å². The zero-order chi connectivity index (χ0) is 17.5. The number of methoxy groups -OCH3 is 1. The lowest BCUT2D eigenvalue weighted by atomic mass is 9.97. The molecule has 0 spiro atoms. The number of aldehydes is 1. The number of carbonyl (C=O) groups excluding carboxylic acids is 2. The van der Waals surface area contributed by atoms with Crippen LogP contribution in [0.2, 0.25) is 0 Å². The molecule has 0 aliphatic heterocycles. The van der Waals surface area contributed by atoms with Crippen molar-refractivity contribution in [2.24, 2.45) is 0 Å². The van der Waals surface area contributed by atoms with E-state index < -0.39 is 5.97 Å². The van der Waals surface area contributed by atoms with Gasteiger partial charge < -0.3 is 14.6 Å². The van der Waals surface area contributed by atoms with Crippen LogP contribution >= 0.6 is 0 Å². The molecule has 0 atom stereocenters. The third kappa shape index (κ3) is 4.01. The molecular formula is C19H18O5. The van der Waals surface area contributed by atoms with Gasteiger partial charge in [0, 0.05) is 6.08 Å². The maximum atomic E-state index is 11.5. The summed E-state index contributed by atoms with van der Waals surface area (Å²) in [5, 5.41) is 9.64. The Bertz CT molecular complexity index is 777. The molecule has 2 rings (SSSR count). The van der Waals surface area contributed by atoms with Crippen LogP contribution in [-0.2, 0) is 9.53 Å². The zero-order valence-electron chi connectivity index (χ0n) is 13.5. The van der Waals surface area contributed by atoms with Gasteiger partial charge in [-0.3, -0.25) is 4.79 Å². The van der Waals surface area contributed by atoms with Crippen molar-refractivity contribution < 1.29 is 24.2 Å². The molecule has 0 heterocycles. The number of hydrogen-bond donors (Lipinski definition) is 1. The Kier molecular flexibility index (Phi) is 5.73. The molecule has 0 radical (unpaired) electrons. The van der Waals surface area contributed by atoms with Gasteiger partial charge in [0.25, 0.3) is 0 Å². The van der Waals surface area contributed by atoms with Crippen molar-refractivity contribution in [2.75, 3.05) is 13.7 Å². The minimum absolute atomic E-state index is 0.0779. The van der Waals surface area contributed by atoms with Gasteiger partial charge in [0.2, 0.25) is 0 Å². The first-order valence-electron chi connectivity index (χ1n) is 7.40. The van der Waals surface area contributed by atoms with E-state index in [4.69, 9.17) is 9.47 Å². The van der Waals surface area contributed by atoms with E-state index in [1.807, 2.05) is 6.07 Å². The quantitative estimate of drug-likeness (QED) is 0.500. The normalized spacial score (nSPS) is 10.6. The van der Waals surface area contributed by atoms with Crippen LogP contribution in [0.3, 0.4) is 0 Å². The van der Waals surface area contributed by atoms with Crippen LogP contribution in [-0.4, -0.2) is 31.1 Å². The van der Waals surface area contributed by atoms with Crippen LogP contribution in [0.15, 0.2) is 42.5 Å². The van der Waals surface area contributed by atoms with E-state index in [0.29, 0.717) is 18.6 Å². The summed E-state index contributed by atoms with van der Waals surface area (Å²) in [4.78, 5) is 22.6. The van der Waals surface area contributed by atoms with Gasteiger partial charge in [-0.05, 0) is 54.0 Å². The minimum Gasteiger partial charge on any atom is -0.507 e. The molecule has 0 saturated heterocycles. The standard InChI is InChI=1S/C19H18O5/c1-3-24-19(22)9-5-14-11-16(23-2)6-7-17(14)13-4-8-18(21)15(10-13)12-20/h4-12,21H,3H2,1-2H3/b9-5+. The van der Waals surface area contributed by atoms with Gasteiger partial charge in [-0.25, -0.2) is 4.79 Å². The maximum Gasteiger partial charge on any atom is 0.330 e. The molecular weight excluding hydrogens is 308 g/mol. The highest BCUT2D eigenvalue weighted by Gasteiger charge is 2.09. The summed E-state index contributed by atoms with van der Waals surface area (Å²) in [6.07, 6.45) is 3.56. The second-order valence-corrected chi connectivity index (χ2v) is 4.93. The summed E-state index contributed by atoms with van der Waals surface area (Å²) in [5.41, 5.74) is 2.45. The first kappa shape index (κ1) is 17.3. The lowest BCUT2D eigenvalue weighted by molar-refractivity contribution is -0.137. The molecule has 0 aliphatic carbocycles. The fraction of sp³-hybridized carbons (Fsp3) is 0.158. The van der Waals surface area contributed by atoms with E-state index >= 15 is 0 Å². The molecule has 0 bridgehead atoms. The number of ether oxygens (including phenoxy) is 2. The molecule has 0 fully saturated rings. The lowest BCUT2D eigenvalue weighted by Crippen LogP contribution is -1.99. The first-order chi connectivity index (χ1) is 11.6. The van der Waals surface area contributed by atoms with Crippen molar-refractivity contribution in [3.05, 3.63) is 53.6 Å². The van der Waals surface area contributed by atoms with Crippen molar-refractivity contribution in [3.8, 4) is 22.6 Å². The van der Waals surface area contributed by atoms with Crippen LogP contribution < -0.4 is 4.74 Å². The molecule has 0 amide bonds. The van der Waals surface area contributed by atoms with Crippen LogP contribution in [0.5, 0.6) is 11.5 Å². The molecule has 1 N–H and O–H groups in total. The average molecular weight is 326 g/mol. The summed E-state index contributed by atoms with van der Waals surface area (Å²) in [6, 6.07) is 10.1. The number of phenols is 1. The topological polar surface area (TPSA) is 72.8 Å². The second-order valence-electron chi connectivity index (χ2n) is 4.93. The van der Waals surface area contributed by atoms with Crippen LogP contribution in [0, 0.1) is 0 Å². The van der Waals surface area contributed by atoms with E-state index in [1.54, 1.807) is 44.4 Å². The SMILES string of the molecule is CCOC(=O)/C=C/c1cc(OC)ccc1-c1ccc(O)c(C=O)c1. The molecule has 5 heteroatoms. The summed E-state index contributed by atoms with van der Waals surface area (Å²) in [5.74, 6) is 0.119. The number of rotatable bonds is 6. The highest BCUT2D eigenvalue weighted by Crippen LogP contribution is 2.31. The van der Waals surface area contributed by atoms with Crippen LogP contribution in [0.1, 0.15) is 22.8 Å². The summed E-state index contributed by atoms with van der Waals surface area (Å²) in [6.45, 7) is 2.04. The van der Waals surface area contributed by atoms with Gasteiger partial charge in [0.1, 0.15) is 11.5 Å². The van der Waals surface area contributed by atoms with E-state index in [9.17, 15) is 14.7 Å². The Morgan fingerprint density at radius 3 is 2.62 bits per heavy atom. The predicted molar refractivity (Wildman–Crippen MR) is 91.1 cm³/mol. The number of carbonyl (C=O) groups is 2. The average Bonchev–Trinajstić information content (AvgIpc) is 2.60. The Morgan fingerprint density at radius 1 is 1.17 bits per heavy atom. The van der Waals surface area contributed by atoms with E-state index in [1.165, 1.54) is 12.1 Å². The fourth-order valence-corrected chi connectivity index (χ4v) is 2.23. The predicted octanol–water partition coefficient (Wildman–Crippen LogP) is 3.46. The van der Waals surface area contributed by atoms with Crippen LogP contribution in [0.25, 0.3) is 17.2 Å².